The first-order valence-corrected chi connectivity index (χ1v) is 12.4. The standard InChI is InChI=1S/C20H25NO4S2/c1-3-16-9-11-18(12-10-16)27(24,25)20-14-26(22,23)13-19(20)21-15(2)17-7-5-4-6-8-17/h4-12,15,19-21H,3,13-14H2,1-2H3/t15?,19-,20-/m0/s1. The third-order valence-corrected chi connectivity index (χ3v) is 9.29. The van der Waals surface area contributed by atoms with Crippen molar-refractivity contribution in [1.82, 2.24) is 5.32 Å². The first kappa shape index (κ1) is 20.0. The molecule has 0 aliphatic carbocycles. The molecule has 1 saturated heterocycles. The van der Waals surface area contributed by atoms with E-state index in [0.29, 0.717) is 0 Å². The summed E-state index contributed by atoms with van der Waals surface area (Å²) < 4.78 is 50.8. The van der Waals surface area contributed by atoms with Crippen LogP contribution in [0.1, 0.15) is 31.0 Å². The Hall–Kier alpha value is -1.70. The molecular weight excluding hydrogens is 382 g/mol. The molecule has 3 atom stereocenters. The van der Waals surface area contributed by atoms with Crippen LogP contribution in [0.4, 0.5) is 0 Å². The molecule has 1 aliphatic rings. The lowest BCUT2D eigenvalue weighted by molar-refractivity contribution is 0.475. The van der Waals surface area contributed by atoms with E-state index in [-0.39, 0.29) is 22.4 Å². The summed E-state index contributed by atoms with van der Waals surface area (Å²) in [5.74, 6) is -0.509. The van der Waals surface area contributed by atoms with Gasteiger partial charge in [0.05, 0.1) is 21.7 Å². The molecule has 2 aromatic rings. The predicted octanol–water partition coefficient (Wildman–Crippen LogP) is 2.54. The molecule has 3 rings (SSSR count). The van der Waals surface area contributed by atoms with Crippen LogP contribution >= 0.6 is 0 Å². The summed E-state index contributed by atoms with van der Waals surface area (Å²) in [6.07, 6.45) is 0.816. The van der Waals surface area contributed by atoms with Gasteiger partial charge in [-0.15, -0.1) is 0 Å². The number of rotatable bonds is 6. The summed E-state index contributed by atoms with van der Waals surface area (Å²) in [6.45, 7) is 3.91. The van der Waals surface area contributed by atoms with E-state index in [0.717, 1.165) is 17.5 Å². The second-order valence-corrected chi connectivity index (χ2v) is 11.4. The van der Waals surface area contributed by atoms with Crippen molar-refractivity contribution in [2.45, 2.75) is 42.5 Å². The fourth-order valence-corrected chi connectivity index (χ4v) is 8.20. The molecule has 0 aromatic heterocycles. The molecule has 0 bridgehead atoms. The van der Waals surface area contributed by atoms with Crippen molar-refractivity contribution >= 4 is 19.7 Å². The molecule has 0 spiro atoms. The predicted molar refractivity (Wildman–Crippen MR) is 107 cm³/mol. The van der Waals surface area contributed by atoms with Gasteiger partial charge in [0.15, 0.2) is 19.7 Å². The minimum atomic E-state index is -3.75. The molecule has 0 radical (unpaired) electrons. The van der Waals surface area contributed by atoms with Gasteiger partial charge in [-0.05, 0) is 36.6 Å². The average Bonchev–Trinajstić information content (AvgIpc) is 2.97. The highest BCUT2D eigenvalue weighted by Crippen LogP contribution is 2.28. The normalized spacial score (nSPS) is 23.2. The number of benzene rings is 2. The highest BCUT2D eigenvalue weighted by Gasteiger charge is 2.46. The van der Waals surface area contributed by atoms with Gasteiger partial charge in [0, 0.05) is 12.1 Å². The fourth-order valence-electron chi connectivity index (χ4n) is 3.53. The lowest BCUT2D eigenvalue weighted by atomic mass is 10.1. The number of aryl methyl sites for hydroxylation is 1. The van der Waals surface area contributed by atoms with Crippen molar-refractivity contribution in [2.75, 3.05) is 11.5 Å². The molecule has 146 valence electrons. The van der Waals surface area contributed by atoms with Crippen LogP contribution in [-0.4, -0.2) is 39.6 Å². The molecule has 5 nitrogen and oxygen atoms in total. The zero-order valence-electron chi connectivity index (χ0n) is 15.5. The van der Waals surface area contributed by atoms with Crippen molar-refractivity contribution in [3.8, 4) is 0 Å². The van der Waals surface area contributed by atoms with Crippen LogP contribution in [0, 0.1) is 0 Å². The fraction of sp³-hybridized carbons (Fsp3) is 0.400. The lowest BCUT2D eigenvalue weighted by Gasteiger charge is -2.24. The molecule has 27 heavy (non-hydrogen) atoms. The second-order valence-electron chi connectivity index (χ2n) is 7.06. The molecule has 1 N–H and O–H groups in total. The van der Waals surface area contributed by atoms with Crippen LogP contribution in [0.15, 0.2) is 59.5 Å². The third kappa shape index (κ3) is 4.42. The summed E-state index contributed by atoms with van der Waals surface area (Å²) in [6, 6.07) is 15.5. The van der Waals surface area contributed by atoms with Crippen LogP contribution in [-0.2, 0) is 26.1 Å². The van der Waals surface area contributed by atoms with Crippen molar-refractivity contribution in [3.63, 3.8) is 0 Å². The number of hydrogen-bond acceptors (Lipinski definition) is 5. The maximum absolute atomic E-state index is 13.1. The minimum Gasteiger partial charge on any atom is -0.305 e. The third-order valence-electron chi connectivity index (χ3n) is 5.12. The van der Waals surface area contributed by atoms with E-state index in [1.165, 1.54) is 0 Å². The molecule has 1 unspecified atom stereocenters. The Morgan fingerprint density at radius 1 is 1.04 bits per heavy atom. The van der Waals surface area contributed by atoms with Crippen LogP contribution < -0.4 is 5.32 Å². The summed E-state index contributed by atoms with van der Waals surface area (Å²) in [4.78, 5) is 0.181. The van der Waals surface area contributed by atoms with Crippen molar-refractivity contribution in [2.24, 2.45) is 0 Å². The highest BCUT2D eigenvalue weighted by atomic mass is 32.2. The molecule has 2 aromatic carbocycles. The number of hydrogen-bond donors (Lipinski definition) is 1. The Bertz CT molecular complexity index is 984. The quantitative estimate of drug-likeness (QED) is 0.796. The molecule has 7 heteroatoms. The molecular formula is C20H25NO4S2. The van der Waals surface area contributed by atoms with E-state index in [2.05, 4.69) is 5.32 Å². The van der Waals surface area contributed by atoms with Crippen LogP contribution in [0.3, 0.4) is 0 Å². The maximum Gasteiger partial charge on any atom is 0.183 e. The van der Waals surface area contributed by atoms with Gasteiger partial charge in [-0.3, -0.25) is 0 Å². The Balaban J connectivity index is 1.88. The maximum atomic E-state index is 13.1. The van der Waals surface area contributed by atoms with Gasteiger partial charge in [-0.1, -0.05) is 49.4 Å². The topological polar surface area (TPSA) is 80.3 Å². The summed E-state index contributed by atoms with van der Waals surface area (Å²) in [5, 5.41) is 2.26. The van der Waals surface area contributed by atoms with E-state index in [1.54, 1.807) is 24.3 Å². The molecule has 1 fully saturated rings. The Morgan fingerprint density at radius 3 is 2.26 bits per heavy atom. The summed E-state index contributed by atoms with van der Waals surface area (Å²) in [7, 11) is -7.17. The zero-order valence-corrected chi connectivity index (χ0v) is 17.1. The van der Waals surface area contributed by atoms with Crippen LogP contribution in [0.25, 0.3) is 0 Å². The zero-order chi connectivity index (χ0) is 19.7. The SMILES string of the molecule is CCc1ccc(S(=O)(=O)[C@H]2CS(=O)(=O)C[C@@H]2NC(C)c2ccccc2)cc1. The monoisotopic (exact) mass is 407 g/mol. The van der Waals surface area contributed by atoms with Gasteiger partial charge < -0.3 is 5.32 Å². The van der Waals surface area contributed by atoms with Crippen molar-refractivity contribution < 1.29 is 16.8 Å². The Morgan fingerprint density at radius 2 is 1.67 bits per heavy atom. The molecule has 0 saturated carbocycles. The van der Waals surface area contributed by atoms with E-state index in [9.17, 15) is 16.8 Å². The smallest absolute Gasteiger partial charge is 0.183 e. The second kappa shape index (κ2) is 7.73. The first-order chi connectivity index (χ1) is 12.7. The van der Waals surface area contributed by atoms with Gasteiger partial charge in [0.1, 0.15) is 0 Å². The van der Waals surface area contributed by atoms with Crippen molar-refractivity contribution in [1.29, 1.82) is 0 Å². The van der Waals surface area contributed by atoms with Crippen LogP contribution in [0.5, 0.6) is 0 Å². The van der Waals surface area contributed by atoms with Gasteiger partial charge >= 0.3 is 0 Å². The highest BCUT2D eigenvalue weighted by molar-refractivity contribution is 7.96. The average molecular weight is 408 g/mol. The number of nitrogens with one attached hydrogen (secondary N) is 1. The van der Waals surface area contributed by atoms with E-state index < -0.39 is 31.0 Å². The van der Waals surface area contributed by atoms with Crippen molar-refractivity contribution in [3.05, 3.63) is 65.7 Å². The van der Waals surface area contributed by atoms with E-state index in [1.807, 2.05) is 44.2 Å². The molecule has 0 amide bonds. The molecule has 1 heterocycles. The minimum absolute atomic E-state index is 0.148. The Labute approximate surface area is 161 Å². The van der Waals surface area contributed by atoms with E-state index in [4.69, 9.17) is 0 Å². The first-order valence-electron chi connectivity index (χ1n) is 9.07. The van der Waals surface area contributed by atoms with E-state index >= 15 is 0 Å². The van der Waals surface area contributed by atoms with Crippen LogP contribution in [0.2, 0.25) is 0 Å². The Kier molecular flexibility index (Phi) is 5.74. The lowest BCUT2D eigenvalue weighted by Crippen LogP contribution is -2.44. The number of sulfone groups is 2. The van der Waals surface area contributed by atoms with Gasteiger partial charge in [0.2, 0.25) is 0 Å². The van der Waals surface area contributed by atoms with Gasteiger partial charge in [-0.2, -0.15) is 0 Å². The largest absolute Gasteiger partial charge is 0.305 e. The summed E-state index contributed by atoms with van der Waals surface area (Å²) in [5.41, 5.74) is 2.03. The summed E-state index contributed by atoms with van der Waals surface area (Å²) >= 11 is 0. The van der Waals surface area contributed by atoms with Gasteiger partial charge in [0.25, 0.3) is 0 Å². The van der Waals surface area contributed by atoms with Gasteiger partial charge in [-0.25, -0.2) is 16.8 Å². The molecule has 1 aliphatic heterocycles.